The Hall–Kier alpha value is -8.82. The maximum absolute atomic E-state index is 15.2. The number of aryl methyl sites for hydroxylation is 1. The predicted molar refractivity (Wildman–Crippen MR) is 395 cm³/mol. The number of benzene rings is 2. The van der Waals surface area contributed by atoms with Crippen LogP contribution in [0.3, 0.4) is 0 Å². The summed E-state index contributed by atoms with van der Waals surface area (Å²) in [6.45, 7) is 21.0. The molecule has 1 aromatic rings. The minimum absolute atomic E-state index is 0.0763. The Kier molecular flexibility index (Phi) is 28.8. The summed E-state index contributed by atoms with van der Waals surface area (Å²) in [4.78, 5) is 226. The van der Waals surface area contributed by atoms with Gasteiger partial charge in [0.1, 0.15) is 71.8 Å². The van der Waals surface area contributed by atoms with Crippen molar-refractivity contribution in [1.29, 1.82) is 0 Å². The van der Waals surface area contributed by atoms with Crippen LogP contribution in [0.4, 0.5) is 5.69 Å². The average molecular weight is 1610 g/mol. The molecule has 0 unspecified atom stereocenters. The smallest absolute Gasteiger partial charge is 0.329 e. The first kappa shape index (κ1) is 84.4. The molecule has 10 atom stereocenters. The molecule has 0 saturated carbocycles. The molecule has 8 rings (SSSR count). The van der Waals surface area contributed by atoms with E-state index >= 15 is 9.59 Å². The number of hydrogen-bond acceptors (Lipinski definition) is 20. The van der Waals surface area contributed by atoms with E-state index in [-0.39, 0.29) is 65.7 Å². The number of esters is 2. The molecule has 7 aliphatic rings. The second-order valence-electron chi connectivity index (χ2n) is 29.2. The highest BCUT2D eigenvalue weighted by molar-refractivity contribution is 9.09. The number of fused-ring (bicyclic) bond motifs is 4. The first-order valence-electron chi connectivity index (χ1n) is 35.9. The molecule has 5 fully saturated rings. The van der Waals surface area contributed by atoms with Gasteiger partial charge in [0.05, 0.1) is 29.9 Å². The van der Waals surface area contributed by atoms with E-state index in [1.807, 2.05) is 9.80 Å². The molecular weight excluding hydrogens is 1510 g/mol. The van der Waals surface area contributed by atoms with Gasteiger partial charge in [-0.3, -0.25) is 62.3 Å². The number of aromatic nitrogens is 1. The summed E-state index contributed by atoms with van der Waals surface area (Å²) in [6.07, 6.45) is -0.577. The molecule has 34 heteroatoms. The number of carbonyl (C=O) groups is 14. The van der Waals surface area contributed by atoms with Gasteiger partial charge in [-0.25, -0.2) is 14.6 Å². The molecule has 5 saturated heterocycles. The fourth-order valence-corrected chi connectivity index (χ4v) is 14.6. The third-order valence-corrected chi connectivity index (χ3v) is 20.9. The molecule has 0 aromatic heterocycles. The van der Waals surface area contributed by atoms with E-state index in [4.69, 9.17) is 24.6 Å². The van der Waals surface area contributed by atoms with Gasteiger partial charge < -0.3 is 80.1 Å². The van der Waals surface area contributed by atoms with Crippen molar-refractivity contribution in [1.82, 2.24) is 65.5 Å². The molecule has 0 bridgehead atoms. The summed E-state index contributed by atoms with van der Waals surface area (Å²) in [5, 5.41) is 12.1. The van der Waals surface area contributed by atoms with E-state index in [9.17, 15) is 62.3 Å². The summed E-state index contributed by atoms with van der Waals surface area (Å²) >= 11 is 6.51. The molecule has 1 aliphatic carbocycles. The van der Waals surface area contributed by atoms with E-state index in [0.717, 1.165) is 9.80 Å². The Morgan fingerprint density at radius 1 is 0.585 bits per heavy atom. The number of nitrogen functional groups attached to an aromatic ring is 1. The number of nitrogens with two attached hydrogens (primary N) is 1. The van der Waals surface area contributed by atoms with E-state index < -0.39 is 191 Å². The number of nitrogens with zero attached hydrogens (tertiary/aromatic N) is 9. The topological polar surface area (TPSA) is 401 Å². The Bertz CT molecular complexity index is 3890. The van der Waals surface area contributed by atoms with Crippen molar-refractivity contribution in [3.63, 3.8) is 0 Å². The van der Waals surface area contributed by atoms with E-state index in [1.165, 1.54) is 80.7 Å². The number of rotatable bonds is 12. The zero-order chi connectivity index (χ0) is 78.9. The van der Waals surface area contributed by atoms with Gasteiger partial charge in [-0.05, 0) is 88.7 Å². The maximum Gasteiger partial charge on any atom is 0.329 e. The number of anilines is 1. The largest absolute Gasteiger partial charge is 0.458 e. The lowest BCUT2D eigenvalue weighted by Crippen LogP contribution is -2.61. The Morgan fingerprint density at radius 3 is 1.38 bits per heavy atom. The fourth-order valence-electron chi connectivity index (χ4n) is 14.0. The molecule has 6 heterocycles. The molecule has 6 N–H and O–H groups in total. The number of carbonyl (C=O) groups excluding carboxylic acids is 14. The number of halogens is 2. The first-order chi connectivity index (χ1) is 49.8. The lowest BCUT2D eigenvalue weighted by atomic mass is 9.98. The summed E-state index contributed by atoms with van der Waals surface area (Å²) in [6, 6.07) is -7.90. The van der Waals surface area contributed by atoms with Crippen molar-refractivity contribution in [3.05, 3.63) is 44.6 Å². The molecule has 0 radical (unpaired) electrons. The predicted octanol–water partition coefficient (Wildman–Crippen LogP) is 1.95. The van der Waals surface area contributed by atoms with Crippen LogP contribution in [-0.2, 0) is 67.0 Å². The minimum Gasteiger partial charge on any atom is -0.458 e. The zero-order valence-electron chi connectivity index (χ0n) is 63.3. The van der Waals surface area contributed by atoms with Crippen LogP contribution in [-0.4, -0.2) is 279 Å². The zero-order valence-corrected chi connectivity index (χ0v) is 66.4. The van der Waals surface area contributed by atoms with Crippen LogP contribution in [0.15, 0.2) is 21.3 Å². The number of amides is 12. The highest BCUT2D eigenvalue weighted by Gasteiger charge is 2.47. The third kappa shape index (κ3) is 18.8. The van der Waals surface area contributed by atoms with Gasteiger partial charge in [-0.2, -0.15) is 0 Å². The van der Waals surface area contributed by atoms with E-state index in [0.29, 0.717) is 68.1 Å². The maximum atomic E-state index is 15.2. The van der Waals surface area contributed by atoms with Gasteiger partial charge in [-0.15, -0.1) is 0 Å². The molecule has 32 nitrogen and oxygen atoms in total. The van der Waals surface area contributed by atoms with Crippen LogP contribution in [0.5, 0.6) is 0 Å². The van der Waals surface area contributed by atoms with Gasteiger partial charge in [0.2, 0.25) is 64.5 Å². The van der Waals surface area contributed by atoms with Crippen LogP contribution in [0.1, 0.15) is 140 Å². The minimum atomic E-state index is -1.88. The molecule has 6 aliphatic heterocycles. The van der Waals surface area contributed by atoms with Crippen molar-refractivity contribution in [2.24, 2.45) is 23.7 Å². The number of alkyl halides is 2. The quantitative estimate of drug-likeness (QED) is 0.0749. The molecule has 1 aromatic carbocycles. The van der Waals surface area contributed by atoms with Gasteiger partial charge >= 0.3 is 11.9 Å². The highest BCUT2D eigenvalue weighted by Crippen LogP contribution is 2.36. The summed E-state index contributed by atoms with van der Waals surface area (Å²) < 4.78 is 18.3. The second-order valence-corrected chi connectivity index (χ2v) is 30.8. The van der Waals surface area contributed by atoms with Crippen molar-refractivity contribution < 1.29 is 81.0 Å². The van der Waals surface area contributed by atoms with Crippen molar-refractivity contribution in [2.75, 3.05) is 96.9 Å². The summed E-state index contributed by atoms with van der Waals surface area (Å²) in [7, 11) is 5.59. The van der Waals surface area contributed by atoms with E-state index in [1.54, 1.807) is 62.3 Å². The third-order valence-electron chi connectivity index (χ3n) is 20.1. The Labute approximate surface area is 633 Å². The molecule has 106 heavy (non-hydrogen) atoms. The van der Waals surface area contributed by atoms with Crippen molar-refractivity contribution in [3.8, 4) is 11.5 Å². The standard InChI is InChI=1S/C62H86N12O16.C10H16Br2N2O2/c1-27(2)42-59(84)73-23-17-19-36(73)57(82)69(13)25-38(75)71(15)48(29(5)6)61(86)88-33(11)44(55(80)65-42)67-53(78)35-22-21-31(9)51-46(35)64-47-40(41(63)50(77)32(10)52(47)90-51)54(79)68-45-34(12)89-62(87)49(30(7)8)72(16)39(76)26-70(14)58(83)37-20-18-24-74(37)60(85)43(28(3)4)66-56(45)81;11-3-1-9(15)13-5-7-14(8-6-13)10(16)2-4-12/h21-22,27-30,33-34,36-37,42-45,48-49H,17-20,23-26,63H2,1-16H3,(H,65,80)(H,66,81)(H,67,78)(H,68,79);1-8H2/t33-,34-,36+,37+,42-,43-,44+,45+,48+,49+;/m1./s1. The second kappa shape index (κ2) is 36.2. The number of hydrogen-bond donors (Lipinski definition) is 5. The SMILES string of the molecule is Cc1c2oc3c(C)ccc(C(=O)N[C@@H]4C(=O)N[C@H](C(C)C)C(=O)N5CCC[C@H]5C(=O)N(C)CC(=O)N(C)[C@@H](C(C)C)C(=O)O[C@@H]4C)c3nc-2c(C(=O)N[C@@H]2C(=O)N[C@H](C(C)C)C(=O)N3CCC[C@H]3C(=O)N(C)CC(=O)N(C)[C@@H](C(C)C)C(=O)O[C@@H]2C)c(N)c1=O.O=C(CCBr)N1CCN(C(=O)CCBr)CC1. The lowest BCUT2D eigenvalue weighted by molar-refractivity contribution is -0.163. The average Bonchev–Trinajstić information content (AvgIpc) is 0.931. The number of nitrogens with one attached hydrogen (secondary N) is 4. The molecule has 0 spiro atoms. The van der Waals surface area contributed by atoms with Gasteiger partial charge in [-0.1, -0.05) is 93.3 Å². The number of likely N-dealkylation sites (N-methyl/N-ethyl adjacent to an activating group) is 4. The van der Waals surface area contributed by atoms with Crippen LogP contribution in [0.2, 0.25) is 0 Å². The van der Waals surface area contributed by atoms with Crippen LogP contribution < -0.4 is 32.4 Å². The normalized spacial score (nSPS) is 24.7. The monoisotopic (exact) mass is 1610 g/mol. The highest BCUT2D eigenvalue weighted by atomic mass is 79.9. The first-order valence-corrected chi connectivity index (χ1v) is 38.1. The van der Waals surface area contributed by atoms with Crippen LogP contribution >= 0.6 is 31.9 Å². The van der Waals surface area contributed by atoms with Crippen LogP contribution in [0, 0.1) is 37.5 Å². The van der Waals surface area contributed by atoms with Crippen molar-refractivity contribution in [2.45, 2.75) is 182 Å². The molecule has 582 valence electrons. The van der Waals surface area contributed by atoms with Gasteiger partial charge in [0, 0.05) is 96.5 Å². The van der Waals surface area contributed by atoms with Crippen molar-refractivity contribution >= 4 is 131 Å². The number of piperazine rings is 1. The number of ether oxygens (including phenoxy) is 2. The number of cyclic esters (lactones) is 2. The fraction of sp³-hybridized carbons (Fsp3) is 0.639. The van der Waals surface area contributed by atoms with Crippen LogP contribution in [0.25, 0.3) is 22.6 Å². The lowest BCUT2D eigenvalue weighted by Gasteiger charge is -2.36. The summed E-state index contributed by atoms with van der Waals surface area (Å²) in [5.74, 6) is -12.0. The Balaban J connectivity index is 0.000000865. The summed E-state index contributed by atoms with van der Waals surface area (Å²) in [5.41, 5.74) is 3.57. The Morgan fingerprint density at radius 2 is 0.991 bits per heavy atom. The van der Waals surface area contributed by atoms with Gasteiger partial charge in [0.25, 0.3) is 11.8 Å². The van der Waals surface area contributed by atoms with Gasteiger partial charge in [0.15, 0.2) is 11.3 Å². The molecular formula is C72H102Br2N14O18. The van der Waals surface area contributed by atoms with E-state index in [2.05, 4.69) is 53.1 Å². The molecule has 12 amide bonds.